The third kappa shape index (κ3) is 4.46. The molecule has 2 aliphatic rings. The van der Waals surface area contributed by atoms with E-state index in [1.807, 2.05) is 0 Å². The quantitative estimate of drug-likeness (QED) is 0.272. The van der Waals surface area contributed by atoms with Gasteiger partial charge in [0, 0.05) is 65.5 Å². The Morgan fingerprint density at radius 3 is 2.07 bits per heavy atom. The van der Waals surface area contributed by atoms with Crippen molar-refractivity contribution in [3.05, 3.63) is 51.6 Å². The van der Waals surface area contributed by atoms with Crippen molar-refractivity contribution in [2.75, 3.05) is 0 Å². The van der Waals surface area contributed by atoms with Gasteiger partial charge >= 0.3 is 0 Å². The van der Waals surface area contributed by atoms with Gasteiger partial charge in [-0.15, -0.1) is 0 Å². The summed E-state index contributed by atoms with van der Waals surface area (Å²) in [5.41, 5.74) is 0.148. The summed E-state index contributed by atoms with van der Waals surface area (Å²) in [6, 6.07) is 3.20. The van der Waals surface area contributed by atoms with Crippen LogP contribution in [0.5, 0.6) is 0 Å². The Morgan fingerprint density at radius 2 is 1.57 bits per heavy atom. The van der Waals surface area contributed by atoms with Gasteiger partial charge in [-0.25, -0.2) is 0 Å². The molecule has 0 saturated carbocycles. The van der Waals surface area contributed by atoms with Gasteiger partial charge < -0.3 is 10.2 Å². The Kier molecular flexibility index (Phi) is 8.57. The number of alkyl halides is 1. The molecular formula is C14H12Cl2Na2O8S2. The summed E-state index contributed by atoms with van der Waals surface area (Å²) in [4.78, 5) is -0.484. The molecule has 14 heteroatoms. The van der Waals surface area contributed by atoms with Gasteiger partial charge in [-0.1, -0.05) is 29.3 Å². The number of hydrogen-bond donors (Lipinski definition) is 4. The summed E-state index contributed by atoms with van der Waals surface area (Å²) in [6.07, 6.45) is -2.46. The first-order valence-electron chi connectivity index (χ1n) is 7.01. The third-order valence-corrected chi connectivity index (χ3v) is 8.00. The number of aliphatic hydroxyl groups is 2. The largest absolute Gasteiger partial charge is 0.384 e. The van der Waals surface area contributed by atoms with E-state index in [4.69, 9.17) is 27.8 Å². The number of halogens is 2. The van der Waals surface area contributed by atoms with Crippen LogP contribution in [0.25, 0.3) is 0 Å². The first kappa shape index (κ1) is 27.1. The second-order valence-electron chi connectivity index (χ2n) is 5.92. The van der Waals surface area contributed by atoms with E-state index in [1.165, 1.54) is 6.07 Å². The van der Waals surface area contributed by atoms with Crippen LogP contribution in [-0.4, -0.2) is 99.5 Å². The molecule has 8 nitrogen and oxygen atoms in total. The molecule has 0 amide bonds. The molecule has 2 aliphatic carbocycles. The molecule has 2 radical (unpaired) electrons. The molecular weight excluding hydrogens is 477 g/mol. The van der Waals surface area contributed by atoms with Gasteiger partial charge in [0.05, 0.1) is 9.93 Å². The van der Waals surface area contributed by atoms with Gasteiger partial charge in [0.1, 0.15) is 12.2 Å². The SMILES string of the molecule is O=S(=O)(O)c1ccc2c(c1)C(O)C1=C(CC(Cl)(S(=O)(=O)O)C(Cl)=C1)C2O.[Na].[Na]. The molecule has 0 spiro atoms. The first-order chi connectivity index (χ1) is 11.8. The van der Waals surface area contributed by atoms with Crippen molar-refractivity contribution in [1.82, 2.24) is 0 Å². The Labute approximate surface area is 215 Å². The molecule has 4 N–H and O–H groups in total. The molecule has 0 saturated heterocycles. The smallest absolute Gasteiger partial charge is 0.294 e. The minimum absolute atomic E-state index is 0. The van der Waals surface area contributed by atoms with E-state index >= 15 is 0 Å². The topological polar surface area (TPSA) is 149 Å². The monoisotopic (exact) mass is 488 g/mol. The molecule has 1 aromatic carbocycles. The second kappa shape index (κ2) is 8.87. The van der Waals surface area contributed by atoms with E-state index in [-0.39, 0.29) is 81.4 Å². The fourth-order valence-corrected chi connectivity index (χ4v) is 4.88. The molecule has 0 aliphatic heterocycles. The number of hydrogen-bond acceptors (Lipinski definition) is 6. The van der Waals surface area contributed by atoms with E-state index in [0.717, 1.165) is 18.2 Å². The normalized spacial score (nSPS) is 27.0. The van der Waals surface area contributed by atoms with Gasteiger partial charge in [-0.2, -0.15) is 16.8 Å². The predicted molar refractivity (Wildman–Crippen MR) is 103 cm³/mol. The van der Waals surface area contributed by atoms with E-state index in [0.29, 0.717) is 0 Å². The molecule has 3 unspecified atom stereocenters. The number of fused-ring (bicyclic) bond motifs is 1. The average molecular weight is 489 g/mol. The Bertz CT molecular complexity index is 1080. The van der Waals surface area contributed by atoms with Crippen LogP contribution < -0.4 is 0 Å². The summed E-state index contributed by atoms with van der Waals surface area (Å²) >= 11 is 11.9. The molecule has 0 bridgehead atoms. The maximum atomic E-state index is 11.6. The maximum Gasteiger partial charge on any atom is 0.294 e. The summed E-state index contributed by atoms with van der Waals surface area (Å²) < 4.78 is 62.0. The van der Waals surface area contributed by atoms with Gasteiger partial charge in [0.2, 0.25) is 4.21 Å². The van der Waals surface area contributed by atoms with Gasteiger partial charge in [-0.05, 0) is 40.5 Å². The van der Waals surface area contributed by atoms with Crippen LogP contribution in [0.2, 0.25) is 0 Å². The van der Waals surface area contributed by atoms with Crippen molar-refractivity contribution >= 4 is 103 Å². The van der Waals surface area contributed by atoms with E-state index < -0.39 is 53.0 Å². The summed E-state index contributed by atoms with van der Waals surface area (Å²) in [6.45, 7) is 0. The van der Waals surface area contributed by atoms with Crippen LogP contribution in [0.1, 0.15) is 29.8 Å². The summed E-state index contributed by atoms with van der Waals surface area (Å²) in [5.74, 6) is 0. The van der Waals surface area contributed by atoms with Crippen molar-refractivity contribution in [2.24, 2.45) is 0 Å². The fourth-order valence-electron chi connectivity index (χ4n) is 3.05. The van der Waals surface area contributed by atoms with Gasteiger partial charge in [0.15, 0.2) is 0 Å². The van der Waals surface area contributed by atoms with Crippen molar-refractivity contribution in [2.45, 2.75) is 27.7 Å². The van der Waals surface area contributed by atoms with Crippen LogP contribution in [0.4, 0.5) is 0 Å². The fraction of sp³-hybridized carbons (Fsp3) is 0.286. The van der Waals surface area contributed by atoms with Crippen LogP contribution in [0.3, 0.4) is 0 Å². The van der Waals surface area contributed by atoms with Crippen molar-refractivity contribution < 1.29 is 36.2 Å². The first-order valence-corrected chi connectivity index (χ1v) is 10.6. The zero-order valence-electron chi connectivity index (χ0n) is 14.7. The second-order valence-corrected chi connectivity index (χ2v) is 10.3. The van der Waals surface area contributed by atoms with Crippen molar-refractivity contribution in [3.8, 4) is 0 Å². The van der Waals surface area contributed by atoms with E-state index in [1.54, 1.807) is 0 Å². The predicted octanol–water partition coefficient (Wildman–Crippen LogP) is 0.898. The molecule has 1 aromatic rings. The number of aliphatic hydroxyl groups excluding tert-OH is 2. The van der Waals surface area contributed by atoms with Crippen molar-refractivity contribution in [3.63, 3.8) is 0 Å². The molecule has 0 aromatic heterocycles. The Balaban J connectivity index is 0.00000196. The standard InChI is InChI=1S/C14H12Cl2O8S2.2Na/c15-11-4-9-10(5-14(11,16)26(22,23)24)12(17)7-2-1-6(25(19,20)21)3-8(7)13(9)18;;/h1-4,12-13,17-18H,5H2,(H,19,20,21)(H,22,23,24);;. The molecule has 0 heterocycles. The maximum absolute atomic E-state index is 11.6. The molecule has 3 atom stereocenters. The zero-order chi connectivity index (χ0) is 19.7. The number of benzene rings is 1. The van der Waals surface area contributed by atoms with Crippen LogP contribution >= 0.6 is 23.2 Å². The Hall–Kier alpha value is 1.02. The van der Waals surface area contributed by atoms with Crippen molar-refractivity contribution in [1.29, 1.82) is 0 Å². The number of rotatable bonds is 2. The molecule has 144 valence electrons. The zero-order valence-corrected chi connectivity index (χ0v) is 21.8. The van der Waals surface area contributed by atoms with Crippen LogP contribution in [-0.2, 0) is 20.2 Å². The van der Waals surface area contributed by atoms with Gasteiger partial charge in [0.25, 0.3) is 20.2 Å². The third-order valence-electron chi connectivity index (χ3n) is 4.41. The Morgan fingerprint density at radius 1 is 1.00 bits per heavy atom. The molecule has 3 rings (SSSR count). The summed E-state index contributed by atoms with van der Waals surface area (Å²) in [7, 11) is -9.38. The van der Waals surface area contributed by atoms with Crippen LogP contribution in [0.15, 0.2) is 45.3 Å². The van der Waals surface area contributed by atoms with E-state index in [2.05, 4.69) is 0 Å². The minimum atomic E-state index is -4.84. The molecule has 0 fully saturated rings. The average Bonchev–Trinajstić information content (AvgIpc) is 2.52. The summed E-state index contributed by atoms with van der Waals surface area (Å²) in [5, 5.41) is 20.6. The molecule has 28 heavy (non-hydrogen) atoms. The van der Waals surface area contributed by atoms with E-state index in [9.17, 15) is 31.6 Å². The minimum Gasteiger partial charge on any atom is -0.384 e. The van der Waals surface area contributed by atoms with Gasteiger partial charge in [-0.3, -0.25) is 9.11 Å². The van der Waals surface area contributed by atoms with Crippen LogP contribution in [0, 0.1) is 0 Å².